The Labute approximate surface area is 195 Å². The molecule has 31 heavy (non-hydrogen) atoms. The Hall–Kier alpha value is -1.84. The molecule has 0 spiro atoms. The Morgan fingerprint density at radius 2 is 2.03 bits per heavy atom. The monoisotopic (exact) mass is 471 g/mol. The van der Waals surface area contributed by atoms with Crippen molar-refractivity contribution in [3.05, 3.63) is 36.8 Å². The fourth-order valence-electron chi connectivity index (χ4n) is 3.64. The lowest BCUT2D eigenvalue weighted by Gasteiger charge is -2.28. The Morgan fingerprint density at radius 3 is 2.74 bits per heavy atom. The number of ether oxygens (including phenoxy) is 2. The van der Waals surface area contributed by atoms with Gasteiger partial charge in [0.25, 0.3) is 0 Å². The quantitative estimate of drug-likeness (QED) is 0.722. The first-order valence-electron chi connectivity index (χ1n) is 10.1. The number of nitrogens with zero attached hydrogens (tertiary/aromatic N) is 4. The van der Waals surface area contributed by atoms with Crippen LogP contribution >= 0.6 is 24.8 Å². The van der Waals surface area contributed by atoms with Gasteiger partial charge in [-0.25, -0.2) is 9.78 Å². The summed E-state index contributed by atoms with van der Waals surface area (Å²) >= 11 is 0. The third-order valence-electron chi connectivity index (χ3n) is 5.46. The molecule has 1 aromatic heterocycles. The van der Waals surface area contributed by atoms with E-state index in [1.165, 1.54) is 4.57 Å². The van der Waals surface area contributed by atoms with Gasteiger partial charge in [-0.15, -0.1) is 24.8 Å². The highest BCUT2D eigenvalue weighted by Gasteiger charge is 2.37. The number of nitrogens with one attached hydrogen (secondary N) is 1. The van der Waals surface area contributed by atoms with Crippen LogP contribution in [0.25, 0.3) is 11.3 Å². The molecule has 0 unspecified atom stereocenters. The van der Waals surface area contributed by atoms with Crippen LogP contribution in [0.1, 0.15) is 13.8 Å². The molecule has 8 nitrogen and oxygen atoms in total. The van der Waals surface area contributed by atoms with E-state index in [1.807, 2.05) is 38.1 Å². The fraction of sp³-hybridized carbons (Fsp3) is 0.524. The van der Waals surface area contributed by atoms with Crippen LogP contribution in [0.3, 0.4) is 0 Å². The maximum absolute atomic E-state index is 12.8. The van der Waals surface area contributed by atoms with Gasteiger partial charge in [0.05, 0.1) is 17.8 Å². The summed E-state index contributed by atoms with van der Waals surface area (Å²) in [5, 5.41) is 3.36. The Kier molecular flexibility index (Phi) is 9.14. The molecule has 0 radical (unpaired) electrons. The highest BCUT2D eigenvalue weighted by Crippen LogP contribution is 2.25. The molecule has 10 heteroatoms. The smallest absolute Gasteiger partial charge is 0.331 e. The first-order chi connectivity index (χ1) is 14.0. The number of carbonyl (C=O) groups excluding carboxylic acids is 1. The lowest BCUT2D eigenvalue weighted by atomic mass is 10.1. The van der Waals surface area contributed by atoms with E-state index in [-0.39, 0.29) is 36.4 Å². The van der Waals surface area contributed by atoms with E-state index in [2.05, 4.69) is 15.2 Å². The van der Waals surface area contributed by atoms with Crippen LogP contribution in [0.2, 0.25) is 0 Å². The topological polar surface area (TPSA) is 71.9 Å². The molecule has 2 aliphatic heterocycles. The van der Waals surface area contributed by atoms with Crippen molar-refractivity contribution in [3.63, 3.8) is 0 Å². The minimum Gasteiger partial charge on any atom is -0.492 e. The van der Waals surface area contributed by atoms with Gasteiger partial charge in [-0.2, -0.15) is 0 Å². The van der Waals surface area contributed by atoms with Crippen molar-refractivity contribution in [2.75, 3.05) is 52.7 Å². The van der Waals surface area contributed by atoms with Crippen molar-refractivity contribution < 1.29 is 14.3 Å². The summed E-state index contributed by atoms with van der Waals surface area (Å²) < 4.78 is 12.9. The lowest BCUT2D eigenvalue weighted by Crippen LogP contribution is -2.45. The summed E-state index contributed by atoms with van der Waals surface area (Å²) in [4.78, 5) is 21.3. The number of hydrogen-bond donors (Lipinski definition) is 1. The maximum atomic E-state index is 12.8. The summed E-state index contributed by atoms with van der Waals surface area (Å²) in [6.45, 7) is 10.6. The molecule has 4 rings (SSSR count). The van der Waals surface area contributed by atoms with Gasteiger partial charge in [-0.1, -0.05) is 12.1 Å². The normalized spacial score (nSPS) is 18.2. The van der Waals surface area contributed by atoms with Crippen LogP contribution in [-0.4, -0.2) is 83.6 Å². The van der Waals surface area contributed by atoms with E-state index in [9.17, 15) is 4.79 Å². The summed E-state index contributed by atoms with van der Waals surface area (Å²) in [5.41, 5.74) is 1.34. The van der Waals surface area contributed by atoms with Crippen LogP contribution < -0.4 is 10.1 Å². The first-order valence-corrected chi connectivity index (χ1v) is 10.1. The second-order valence-electron chi connectivity index (χ2n) is 8.13. The number of hydrogen-bond acceptors (Lipinski definition) is 6. The molecule has 1 aromatic carbocycles. The van der Waals surface area contributed by atoms with Crippen LogP contribution in [-0.2, 0) is 4.74 Å². The van der Waals surface area contributed by atoms with Crippen LogP contribution in [0, 0.1) is 0 Å². The molecule has 1 amide bonds. The number of halogens is 2. The van der Waals surface area contributed by atoms with Crippen molar-refractivity contribution in [3.8, 4) is 17.0 Å². The van der Waals surface area contributed by atoms with E-state index < -0.39 is 0 Å². The SMILES string of the molecule is CC1(C)COCN1C(=O)n1cnc(-c2cccc(OCCN3CCNCC3)c2)c1.Cl.Cl. The van der Waals surface area contributed by atoms with Gasteiger partial charge >= 0.3 is 6.03 Å². The molecule has 0 saturated carbocycles. The van der Waals surface area contributed by atoms with E-state index in [0.717, 1.165) is 49.7 Å². The van der Waals surface area contributed by atoms with Crippen molar-refractivity contribution in [2.45, 2.75) is 19.4 Å². The standard InChI is InChI=1S/C21H29N5O3.2ClH/c1-21(2)14-28-16-26(21)20(27)25-13-19(23-15-25)17-4-3-5-18(12-17)29-11-10-24-8-6-22-7-9-24;;/h3-5,12-13,15,22H,6-11,14,16H2,1-2H3;2*1H. The highest BCUT2D eigenvalue weighted by molar-refractivity contribution is 5.85. The van der Waals surface area contributed by atoms with Crippen molar-refractivity contribution in [2.24, 2.45) is 0 Å². The number of rotatable bonds is 5. The molecule has 2 fully saturated rings. The average molecular weight is 472 g/mol. The molecule has 2 aromatic rings. The van der Waals surface area contributed by atoms with Gasteiger partial charge in [0.1, 0.15) is 25.4 Å². The molecule has 1 N–H and O–H groups in total. The van der Waals surface area contributed by atoms with Crippen molar-refractivity contribution in [1.82, 2.24) is 24.7 Å². The average Bonchev–Trinajstić information content (AvgIpc) is 3.35. The molecule has 2 saturated heterocycles. The first kappa shape index (κ1) is 25.4. The van der Waals surface area contributed by atoms with Gasteiger partial charge in [0.15, 0.2) is 0 Å². The number of imidazole rings is 1. The molecular weight excluding hydrogens is 441 g/mol. The molecule has 0 atom stereocenters. The molecule has 0 bridgehead atoms. The van der Waals surface area contributed by atoms with Crippen LogP contribution in [0.4, 0.5) is 4.79 Å². The zero-order valence-electron chi connectivity index (χ0n) is 18.0. The zero-order chi connectivity index (χ0) is 20.3. The number of carbonyl (C=O) groups is 1. The van der Waals surface area contributed by atoms with Gasteiger partial charge in [-0.3, -0.25) is 14.4 Å². The largest absolute Gasteiger partial charge is 0.492 e. The van der Waals surface area contributed by atoms with Crippen molar-refractivity contribution in [1.29, 1.82) is 0 Å². The van der Waals surface area contributed by atoms with E-state index in [1.54, 1.807) is 17.4 Å². The van der Waals surface area contributed by atoms with E-state index >= 15 is 0 Å². The second kappa shape index (κ2) is 11.2. The highest BCUT2D eigenvalue weighted by atomic mass is 35.5. The third kappa shape index (κ3) is 6.11. The number of amides is 1. The summed E-state index contributed by atoms with van der Waals surface area (Å²) in [6.07, 6.45) is 3.32. The summed E-state index contributed by atoms with van der Waals surface area (Å²) in [7, 11) is 0. The summed E-state index contributed by atoms with van der Waals surface area (Å²) in [5.74, 6) is 0.813. The fourth-order valence-corrected chi connectivity index (χ4v) is 3.64. The molecule has 3 heterocycles. The second-order valence-corrected chi connectivity index (χ2v) is 8.13. The predicted molar refractivity (Wildman–Crippen MR) is 124 cm³/mol. The third-order valence-corrected chi connectivity index (χ3v) is 5.46. The lowest BCUT2D eigenvalue weighted by molar-refractivity contribution is 0.140. The minimum atomic E-state index is -0.320. The molecule has 0 aliphatic carbocycles. The van der Waals surface area contributed by atoms with Gasteiger partial charge in [0, 0.05) is 44.5 Å². The zero-order valence-corrected chi connectivity index (χ0v) is 19.6. The minimum absolute atomic E-state index is 0. The number of aromatic nitrogens is 2. The Balaban J connectivity index is 0.00000171. The van der Waals surface area contributed by atoms with Gasteiger partial charge in [-0.05, 0) is 26.0 Å². The predicted octanol–water partition coefficient (Wildman–Crippen LogP) is 2.71. The number of benzene rings is 1. The van der Waals surface area contributed by atoms with E-state index in [0.29, 0.717) is 19.9 Å². The molecule has 2 aliphatic rings. The molecule has 172 valence electrons. The van der Waals surface area contributed by atoms with Gasteiger partial charge in [0.2, 0.25) is 0 Å². The van der Waals surface area contributed by atoms with Crippen LogP contribution in [0.5, 0.6) is 5.75 Å². The van der Waals surface area contributed by atoms with Crippen LogP contribution in [0.15, 0.2) is 36.8 Å². The Bertz CT molecular complexity index is 855. The van der Waals surface area contributed by atoms with Gasteiger partial charge < -0.3 is 14.8 Å². The van der Waals surface area contributed by atoms with E-state index in [4.69, 9.17) is 9.47 Å². The summed E-state index contributed by atoms with van der Waals surface area (Å²) in [6, 6.07) is 7.72. The molecular formula is C21H31Cl2N5O3. The number of piperazine rings is 1. The maximum Gasteiger partial charge on any atom is 0.331 e. The Morgan fingerprint density at radius 1 is 1.26 bits per heavy atom. The van der Waals surface area contributed by atoms with Crippen molar-refractivity contribution >= 4 is 30.8 Å².